The van der Waals surface area contributed by atoms with Crippen molar-refractivity contribution < 1.29 is 27.1 Å². The molecule has 0 atom stereocenters. The van der Waals surface area contributed by atoms with Crippen LogP contribution in [0.2, 0.25) is 0 Å². The second-order valence-corrected chi connectivity index (χ2v) is 3.19. The van der Waals surface area contributed by atoms with Gasteiger partial charge in [-0.25, -0.2) is 10.8 Å². The molecule has 0 fully saturated rings. The zero-order valence-electron chi connectivity index (χ0n) is 9.92. The molecule has 0 aliphatic carbocycles. The molecule has 0 aliphatic heterocycles. The Labute approximate surface area is 111 Å². The fraction of sp³-hybridized carbons (Fsp3) is 0.0909. The molecule has 0 aliphatic rings. The van der Waals surface area contributed by atoms with E-state index in [1.807, 2.05) is 0 Å². The second kappa shape index (κ2) is 7.14. The number of nitrogens with two attached hydrogens (primary N) is 1. The number of aromatic nitrogens is 1. The minimum atomic E-state index is -4.68. The lowest BCUT2D eigenvalue weighted by atomic mass is 10.2. The average Bonchev–Trinajstić information content (AvgIpc) is 2.92. The number of oxazole rings is 1. The first-order valence-corrected chi connectivity index (χ1v) is 5.11. The molecule has 1 heterocycles. The molecule has 0 saturated heterocycles. The molecule has 3 N–H and O–H groups in total. The standard InChI is InChI=1S/C10H6F3NO2.CH4N2O/c11-10(12,13)16-8-3-1-7(2-4-8)9-14-5-6-15-9;2-3-1-4/h1-6H;1H,2H2,(H,3,4). The number of nitrogens with one attached hydrogen (secondary N) is 1. The maximum absolute atomic E-state index is 11.9. The van der Waals surface area contributed by atoms with E-state index >= 15 is 0 Å². The highest BCUT2D eigenvalue weighted by Crippen LogP contribution is 2.25. The number of carbonyl (C=O) groups is 1. The number of hydrogen-bond donors (Lipinski definition) is 2. The first-order chi connectivity index (χ1) is 9.46. The average molecular weight is 289 g/mol. The molecule has 20 heavy (non-hydrogen) atoms. The summed E-state index contributed by atoms with van der Waals surface area (Å²) in [4.78, 5) is 12.8. The molecule has 0 spiro atoms. The Morgan fingerprint density at radius 2 is 1.90 bits per heavy atom. The molecule has 1 amide bonds. The van der Waals surface area contributed by atoms with Crippen LogP contribution < -0.4 is 16.0 Å². The van der Waals surface area contributed by atoms with E-state index in [-0.39, 0.29) is 5.75 Å². The number of nitrogens with zero attached hydrogens (tertiary/aromatic N) is 1. The van der Waals surface area contributed by atoms with E-state index < -0.39 is 6.36 Å². The van der Waals surface area contributed by atoms with Crippen molar-refractivity contribution in [3.8, 4) is 17.2 Å². The third-order valence-corrected chi connectivity index (χ3v) is 1.84. The van der Waals surface area contributed by atoms with Crippen LogP contribution in [0.3, 0.4) is 0 Å². The van der Waals surface area contributed by atoms with Crippen LogP contribution in [0.15, 0.2) is 41.1 Å². The maximum atomic E-state index is 11.9. The molecule has 2 aromatic rings. The largest absolute Gasteiger partial charge is 0.573 e. The van der Waals surface area contributed by atoms with Crippen molar-refractivity contribution in [1.82, 2.24) is 10.4 Å². The van der Waals surface area contributed by atoms with Crippen molar-refractivity contribution in [3.05, 3.63) is 36.7 Å². The van der Waals surface area contributed by atoms with Crippen LogP contribution in [0.25, 0.3) is 11.5 Å². The van der Waals surface area contributed by atoms with Gasteiger partial charge in [0.05, 0.1) is 6.20 Å². The number of halogens is 3. The van der Waals surface area contributed by atoms with Crippen molar-refractivity contribution >= 4 is 6.41 Å². The quantitative estimate of drug-likeness (QED) is 0.389. The summed E-state index contributed by atoms with van der Waals surface area (Å²) < 4.78 is 44.3. The molecule has 6 nitrogen and oxygen atoms in total. The van der Waals surface area contributed by atoms with E-state index in [4.69, 9.17) is 9.21 Å². The predicted molar refractivity (Wildman–Crippen MR) is 62.0 cm³/mol. The summed E-state index contributed by atoms with van der Waals surface area (Å²) >= 11 is 0. The lowest BCUT2D eigenvalue weighted by Gasteiger charge is -2.08. The Balaban J connectivity index is 0.000000444. The van der Waals surface area contributed by atoms with Crippen LogP contribution in [0.4, 0.5) is 13.2 Å². The minimum absolute atomic E-state index is 0.275. The van der Waals surface area contributed by atoms with Crippen molar-refractivity contribution in [2.24, 2.45) is 5.84 Å². The van der Waals surface area contributed by atoms with Crippen LogP contribution in [-0.4, -0.2) is 17.8 Å². The highest BCUT2D eigenvalue weighted by molar-refractivity contribution is 5.54. The number of hydrogen-bond acceptors (Lipinski definition) is 5. The Morgan fingerprint density at radius 1 is 1.30 bits per heavy atom. The highest BCUT2D eigenvalue weighted by Gasteiger charge is 2.30. The maximum Gasteiger partial charge on any atom is 0.573 e. The van der Waals surface area contributed by atoms with Gasteiger partial charge in [0.15, 0.2) is 0 Å². The predicted octanol–water partition coefficient (Wildman–Crippen LogP) is 1.85. The van der Waals surface area contributed by atoms with Crippen LogP contribution in [-0.2, 0) is 4.79 Å². The van der Waals surface area contributed by atoms with Crippen molar-refractivity contribution in [3.63, 3.8) is 0 Å². The fourth-order valence-corrected chi connectivity index (χ4v) is 1.17. The van der Waals surface area contributed by atoms with Crippen molar-refractivity contribution in [2.75, 3.05) is 0 Å². The number of hydrazine groups is 1. The van der Waals surface area contributed by atoms with E-state index in [1.165, 1.54) is 36.7 Å². The van der Waals surface area contributed by atoms with Gasteiger partial charge in [0.25, 0.3) is 0 Å². The molecule has 9 heteroatoms. The van der Waals surface area contributed by atoms with Crippen LogP contribution in [0.5, 0.6) is 5.75 Å². The number of ether oxygens (including phenoxy) is 1. The molecular formula is C11H10F3N3O3. The van der Waals surface area contributed by atoms with Gasteiger partial charge in [-0.3, -0.25) is 10.2 Å². The van der Waals surface area contributed by atoms with Gasteiger partial charge in [-0.1, -0.05) is 0 Å². The molecular weight excluding hydrogens is 279 g/mol. The van der Waals surface area contributed by atoms with E-state index in [1.54, 1.807) is 5.43 Å². The molecule has 108 valence electrons. The highest BCUT2D eigenvalue weighted by atomic mass is 19.4. The monoisotopic (exact) mass is 289 g/mol. The van der Waals surface area contributed by atoms with Gasteiger partial charge in [-0.05, 0) is 24.3 Å². The van der Waals surface area contributed by atoms with Gasteiger partial charge >= 0.3 is 6.36 Å². The van der Waals surface area contributed by atoms with Crippen molar-refractivity contribution in [1.29, 1.82) is 0 Å². The van der Waals surface area contributed by atoms with Gasteiger partial charge in [-0.2, -0.15) is 0 Å². The number of carbonyl (C=O) groups excluding carboxylic acids is 1. The molecule has 0 radical (unpaired) electrons. The van der Waals surface area contributed by atoms with Crippen molar-refractivity contribution in [2.45, 2.75) is 6.36 Å². The van der Waals surface area contributed by atoms with Crippen LogP contribution in [0, 0.1) is 0 Å². The van der Waals surface area contributed by atoms with Crippen LogP contribution in [0.1, 0.15) is 0 Å². The zero-order valence-corrected chi connectivity index (χ0v) is 9.92. The smallest absolute Gasteiger partial charge is 0.445 e. The summed E-state index contributed by atoms with van der Waals surface area (Å²) in [6.45, 7) is 0. The van der Waals surface area contributed by atoms with Gasteiger partial charge < -0.3 is 9.15 Å². The Morgan fingerprint density at radius 3 is 2.30 bits per heavy atom. The summed E-state index contributed by atoms with van der Waals surface area (Å²) in [7, 11) is 0. The van der Waals surface area contributed by atoms with Crippen LogP contribution >= 0.6 is 0 Å². The summed E-state index contributed by atoms with van der Waals surface area (Å²) in [5.74, 6) is 4.48. The first kappa shape index (κ1) is 15.5. The molecule has 1 aromatic carbocycles. The Kier molecular flexibility index (Phi) is 5.54. The summed E-state index contributed by atoms with van der Waals surface area (Å²) in [5.41, 5.74) is 2.33. The molecule has 1 aromatic heterocycles. The lowest BCUT2D eigenvalue weighted by Crippen LogP contribution is -2.18. The Bertz CT molecular complexity index is 512. The SMILES string of the molecule is FC(F)(F)Oc1ccc(-c2ncco2)cc1.NNC=O. The number of rotatable bonds is 3. The summed E-state index contributed by atoms with van der Waals surface area (Å²) in [6, 6.07) is 5.28. The minimum Gasteiger partial charge on any atom is -0.445 e. The molecule has 0 bridgehead atoms. The third kappa shape index (κ3) is 5.40. The normalized spacial score (nSPS) is 10.2. The lowest BCUT2D eigenvalue weighted by molar-refractivity contribution is -0.274. The van der Waals surface area contributed by atoms with E-state index in [0.29, 0.717) is 17.9 Å². The topological polar surface area (TPSA) is 90.4 Å². The number of benzene rings is 1. The number of alkyl halides is 3. The molecule has 0 saturated carbocycles. The molecule has 2 rings (SSSR count). The van der Waals surface area contributed by atoms with Gasteiger partial charge in [0.1, 0.15) is 12.0 Å². The zero-order chi connectivity index (χ0) is 15.0. The number of amides is 1. The summed E-state index contributed by atoms with van der Waals surface area (Å²) in [5, 5.41) is 0. The third-order valence-electron chi connectivity index (χ3n) is 1.84. The first-order valence-electron chi connectivity index (χ1n) is 5.11. The van der Waals surface area contributed by atoms with E-state index in [9.17, 15) is 13.2 Å². The fourth-order valence-electron chi connectivity index (χ4n) is 1.17. The molecule has 0 unspecified atom stereocenters. The Hall–Kier alpha value is -2.55. The van der Waals surface area contributed by atoms with E-state index in [2.05, 4.69) is 15.6 Å². The summed E-state index contributed by atoms with van der Waals surface area (Å²) in [6.07, 6.45) is -1.44. The van der Waals surface area contributed by atoms with Gasteiger partial charge in [-0.15, -0.1) is 13.2 Å². The van der Waals surface area contributed by atoms with E-state index in [0.717, 1.165) is 0 Å². The van der Waals surface area contributed by atoms with Gasteiger partial charge in [0, 0.05) is 5.56 Å². The second-order valence-electron chi connectivity index (χ2n) is 3.19. The van der Waals surface area contributed by atoms with Gasteiger partial charge in [0.2, 0.25) is 12.3 Å².